The van der Waals surface area contributed by atoms with Crippen molar-refractivity contribution in [3.63, 3.8) is 0 Å². The molecule has 2 rings (SSSR count). The summed E-state index contributed by atoms with van der Waals surface area (Å²) < 4.78 is 7.11. The first kappa shape index (κ1) is 15.9. The average Bonchev–Trinajstić information content (AvgIpc) is 2.42. The maximum atomic E-state index is 6.14. The number of nitrogens with two attached hydrogens (primary N) is 1. The third-order valence-electron chi connectivity index (χ3n) is 4.06. The largest absolute Gasteiger partial charge is 0.383 e. The van der Waals surface area contributed by atoms with E-state index in [1.165, 1.54) is 6.42 Å². The summed E-state index contributed by atoms with van der Waals surface area (Å²) >= 11 is 2.23. The average molecular weight is 389 g/mol. The Kier molecular flexibility index (Phi) is 5.23. The molecule has 0 radical (unpaired) electrons. The van der Waals surface area contributed by atoms with Gasteiger partial charge in [-0.2, -0.15) is 0 Å². The molecule has 1 aliphatic rings. The lowest BCUT2D eigenvalue weighted by Crippen LogP contribution is -2.37. The van der Waals surface area contributed by atoms with Gasteiger partial charge in [0, 0.05) is 6.61 Å². The first-order valence-corrected chi connectivity index (χ1v) is 8.56. The predicted molar refractivity (Wildman–Crippen MR) is 89.5 cm³/mol. The van der Waals surface area contributed by atoms with Gasteiger partial charge >= 0.3 is 0 Å². The highest BCUT2D eigenvalue weighted by atomic mass is 127. The van der Waals surface area contributed by atoms with Gasteiger partial charge in [-0.15, -0.1) is 0 Å². The molecule has 2 unspecified atom stereocenters. The van der Waals surface area contributed by atoms with Crippen molar-refractivity contribution in [2.24, 2.45) is 5.92 Å². The van der Waals surface area contributed by atoms with Crippen LogP contribution in [0.4, 0.5) is 5.82 Å². The van der Waals surface area contributed by atoms with E-state index < -0.39 is 0 Å². The Balaban J connectivity index is 2.46. The molecule has 1 aromatic rings. The van der Waals surface area contributed by atoms with E-state index in [0.29, 0.717) is 18.3 Å². The molecule has 1 aliphatic carbocycles. The van der Waals surface area contributed by atoms with Crippen LogP contribution in [0.25, 0.3) is 0 Å². The standard InChI is InChI=1S/C15H24IN3O/c1-4-11-12(16)13(17)19-14(18-11)15(20-5-2)8-6-7-10(3)9-15/h10H,4-9H2,1-3H3,(H2,17,18,19). The van der Waals surface area contributed by atoms with Gasteiger partial charge in [0.15, 0.2) is 5.82 Å². The minimum atomic E-state index is -0.338. The number of rotatable bonds is 4. The van der Waals surface area contributed by atoms with E-state index in [2.05, 4.69) is 41.4 Å². The van der Waals surface area contributed by atoms with Crippen LogP contribution in [0.15, 0.2) is 0 Å². The number of aryl methyl sites for hydroxylation is 1. The molecule has 1 saturated carbocycles. The molecule has 1 aromatic heterocycles. The molecule has 1 fully saturated rings. The van der Waals surface area contributed by atoms with E-state index in [-0.39, 0.29) is 5.60 Å². The van der Waals surface area contributed by atoms with Gasteiger partial charge in [-0.25, -0.2) is 9.97 Å². The van der Waals surface area contributed by atoms with Crippen molar-refractivity contribution in [2.45, 2.75) is 58.5 Å². The topological polar surface area (TPSA) is 61.0 Å². The van der Waals surface area contributed by atoms with Crippen LogP contribution in [0.3, 0.4) is 0 Å². The van der Waals surface area contributed by atoms with Crippen LogP contribution in [0, 0.1) is 9.49 Å². The zero-order valence-corrected chi connectivity index (χ0v) is 14.7. The van der Waals surface area contributed by atoms with E-state index in [1.54, 1.807) is 0 Å². The lowest BCUT2D eigenvalue weighted by atomic mass is 9.78. The highest BCUT2D eigenvalue weighted by Crippen LogP contribution is 2.42. The van der Waals surface area contributed by atoms with Gasteiger partial charge in [0.05, 0.1) is 9.26 Å². The lowest BCUT2D eigenvalue weighted by Gasteiger charge is -2.38. The lowest BCUT2D eigenvalue weighted by molar-refractivity contribution is -0.0881. The van der Waals surface area contributed by atoms with Gasteiger partial charge in [0.2, 0.25) is 0 Å². The fraction of sp³-hybridized carbons (Fsp3) is 0.733. The number of anilines is 1. The second-order valence-corrected chi connectivity index (χ2v) is 6.75. The molecule has 0 aliphatic heterocycles. The highest BCUT2D eigenvalue weighted by Gasteiger charge is 2.40. The molecule has 112 valence electrons. The summed E-state index contributed by atoms with van der Waals surface area (Å²) in [6.45, 7) is 7.11. The van der Waals surface area contributed by atoms with Crippen molar-refractivity contribution in [3.05, 3.63) is 15.1 Å². The Bertz CT molecular complexity index is 476. The molecular formula is C15H24IN3O. The van der Waals surface area contributed by atoms with Gasteiger partial charge in [-0.3, -0.25) is 0 Å². The van der Waals surface area contributed by atoms with E-state index in [9.17, 15) is 0 Å². The van der Waals surface area contributed by atoms with Crippen LogP contribution < -0.4 is 5.73 Å². The molecule has 0 bridgehead atoms. The number of ether oxygens (including phenoxy) is 1. The Morgan fingerprint density at radius 3 is 2.75 bits per heavy atom. The van der Waals surface area contributed by atoms with Crippen LogP contribution in [0.1, 0.15) is 58.0 Å². The minimum Gasteiger partial charge on any atom is -0.383 e. The normalized spacial score (nSPS) is 26.7. The number of nitrogen functional groups attached to an aromatic ring is 1. The smallest absolute Gasteiger partial charge is 0.162 e. The molecule has 5 heteroatoms. The SMILES string of the molecule is CCOC1(c2nc(N)c(I)c(CC)n2)CCCC(C)C1. The summed E-state index contributed by atoms with van der Waals surface area (Å²) in [6, 6.07) is 0. The van der Waals surface area contributed by atoms with Gasteiger partial charge < -0.3 is 10.5 Å². The number of aromatic nitrogens is 2. The second kappa shape index (κ2) is 6.56. The van der Waals surface area contributed by atoms with Crippen LogP contribution in [-0.4, -0.2) is 16.6 Å². The number of nitrogens with zero attached hydrogens (tertiary/aromatic N) is 2. The Morgan fingerprint density at radius 2 is 2.15 bits per heavy atom. The second-order valence-electron chi connectivity index (χ2n) is 5.68. The van der Waals surface area contributed by atoms with Crippen molar-refractivity contribution < 1.29 is 4.74 Å². The third kappa shape index (κ3) is 3.08. The summed E-state index contributed by atoms with van der Waals surface area (Å²) in [5.74, 6) is 2.02. The van der Waals surface area contributed by atoms with Gasteiger partial charge in [0.1, 0.15) is 11.4 Å². The van der Waals surface area contributed by atoms with Crippen LogP contribution in [0.5, 0.6) is 0 Å². The van der Waals surface area contributed by atoms with Crippen molar-refractivity contribution in [3.8, 4) is 0 Å². The van der Waals surface area contributed by atoms with Crippen molar-refractivity contribution >= 4 is 28.4 Å². The number of halogens is 1. The first-order chi connectivity index (χ1) is 9.52. The van der Waals surface area contributed by atoms with E-state index in [0.717, 1.165) is 40.8 Å². The molecule has 0 aromatic carbocycles. The van der Waals surface area contributed by atoms with Gasteiger partial charge in [-0.1, -0.05) is 20.3 Å². The van der Waals surface area contributed by atoms with Crippen molar-refractivity contribution in [1.82, 2.24) is 9.97 Å². The molecule has 2 atom stereocenters. The fourth-order valence-corrected chi connectivity index (χ4v) is 3.75. The fourth-order valence-electron chi connectivity index (χ4n) is 3.13. The monoisotopic (exact) mass is 389 g/mol. The Labute approximate surface area is 135 Å². The Morgan fingerprint density at radius 1 is 1.40 bits per heavy atom. The Hall–Kier alpha value is -0.430. The molecule has 0 amide bonds. The van der Waals surface area contributed by atoms with Crippen LogP contribution in [-0.2, 0) is 16.8 Å². The van der Waals surface area contributed by atoms with Gasteiger partial charge in [-0.05, 0) is 61.1 Å². The first-order valence-electron chi connectivity index (χ1n) is 7.48. The molecule has 4 nitrogen and oxygen atoms in total. The van der Waals surface area contributed by atoms with E-state index in [1.807, 2.05) is 6.92 Å². The maximum Gasteiger partial charge on any atom is 0.162 e. The summed E-state index contributed by atoms with van der Waals surface area (Å²) in [5.41, 5.74) is 6.77. The maximum absolute atomic E-state index is 6.14. The summed E-state index contributed by atoms with van der Waals surface area (Å²) in [5, 5.41) is 0. The minimum absolute atomic E-state index is 0.338. The van der Waals surface area contributed by atoms with Crippen LogP contribution in [0.2, 0.25) is 0 Å². The summed E-state index contributed by atoms with van der Waals surface area (Å²) in [4.78, 5) is 9.34. The zero-order valence-electron chi connectivity index (χ0n) is 12.6. The third-order valence-corrected chi connectivity index (χ3v) is 5.24. The molecular weight excluding hydrogens is 365 g/mol. The highest BCUT2D eigenvalue weighted by molar-refractivity contribution is 14.1. The summed E-state index contributed by atoms with van der Waals surface area (Å²) in [6.07, 6.45) is 5.28. The molecule has 20 heavy (non-hydrogen) atoms. The van der Waals surface area contributed by atoms with Crippen molar-refractivity contribution in [2.75, 3.05) is 12.3 Å². The van der Waals surface area contributed by atoms with Crippen molar-refractivity contribution in [1.29, 1.82) is 0 Å². The number of hydrogen-bond acceptors (Lipinski definition) is 4. The molecule has 0 saturated heterocycles. The number of hydrogen-bond donors (Lipinski definition) is 1. The van der Waals surface area contributed by atoms with Crippen LogP contribution >= 0.6 is 22.6 Å². The zero-order chi connectivity index (χ0) is 14.8. The van der Waals surface area contributed by atoms with Gasteiger partial charge in [0.25, 0.3) is 0 Å². The molecule has 1 heterocycles. The predicted octanol–water partition coefficient (Wildman–Crippen LogP) is 3.67. The molecule has 2 N–H and O–H groups in total. The van der Waals surface area contributed by atoms with E-state index >= 15 is 0 Å². The quantitative estimate of drug-likeness (QED) is 0.799. The van der Waals surface area contributed by atoms with E-state index in [4.69, 9.17) is 15.5 Å². The molecule has 0 spiro atoms. The summed E-state index contributed by atoms with van der Waals surface area (Å²) in [7, 11) is 0.